The number of fused-ring (bicyclic) bond motifs is 1. The molecule has 2 heterocycles. The smallest absolute Gasteiger partial charge is 0.0441 e. The Balaban J connectivity index is 1.83. The molecule has 1 aromatic heterocycles. The summed E-state index contributed by atoms with van der Waals surface area (Å²) in [5, 5.41) is 4.71. The molecule has 2 atom stereocenters. The third kappa shape index (κ3) is 2.19. The molecule has 88 valence electrons. The first-order valence-electron chi connectivity index (χ1n) is 5.47. The molecule has 17 heavy (non-hydrogen) atoms. The van der Waals surface area contributed by atoms with Crippen molar-refractivity contribution < 1.29 is 0 Å². The molecule has 0 saturated carbocycles. The van der Waals surface area contributed by atoms with Crippen LogP contribution in [0.15, 0.2) is 44.4 Å². The standard InChI is InChI=1S/C13H12BrNS2/c14-10-7-16-6-9(10)13(15)12-5-8-3-1-2-4-11(8)17-12/h1-4,6-7,12-13H,5,15H2. The van der Waals surface area contributed by atoms with Crippen LogP contribution in [0.5, 0.6) is 0 Å². The van der Waals surface area contributed by atoms with Crippen LogP contribution in [-0.4, -0.2) is 5.25 Å². The first kappa shape index (κ1) is 11.8. The molecule has 0 spiro atoms. The highest BCUT2D eigenvalue weighted by Crippen LogP contribution is 2.43. The van der Waals surface area contributed by atoms with Crippen molar-refractivity contribution in [2.45, 2.75) is 22.6 Å². The molecule has 1 aliphatic rings. The summed E-state index contributed by atoms with van der Waals surface area (Å²) in [6.07, 6.45) is 1.07. The highest BCUT2D eigenvalue weighted by atomic mass is 79.9. The van der Waals surface area contributed by atoms with Gasteiger partial charge in [0, 0.05) is 26.0 Å². The zero-order valence-electron chi connectivity index (χ0n) is 9.10. The summed E-state index contributed by atoms with van der Waals surface area (Å²) in [6.45, 7) is 0. The van der Waals surface area contributed by atoms with E-state index in [4.69, 9.17) is 5.73 Å². The lowest BCUT2D eigenvalue weighted by molar-refractivity contribution is 0.678. The fourth-order valence-corrected chi connectivity index (χ4v) is 5.09. The molecule has 2 aromatic rings. The molecule has 4 heteroatoms. The maximum Gasteiger partial charge on any atom is 0.0441 e. The zero-order valence-corrected chi connectivity index (χ0v) is 12.3. The van der Waals surface area contributed by atoms with Crippen molar-refractivity contribution >= 4 is 39.0 Å². The predicted octanol–water partition coefficient (Wildman–Crippen LogP) is 4.23. The van der Waals surface area contributed by atoms with E-state index in [2.05, 4.69) is 51.0 Å². The van der Waals surface area contributed by atoms with E-state index in [0.717, 1.165) is 10.9 Å². The summed E-state index contributed by atoms with van der Waals surface area (Å²) in [4.78, 5) is 1.39. The van der Waals surface area contributed by atoms with E-state index in [-0.39, 0.29) is 6.04 Å². The molecule has 1 aliphatic heterocycles. The van der Waals surface area contributed by atoms with Gasteiger partial charge in [0.25, 0.3) is 0 Å². The largest absolute Gasteiger partial charge is 0.323 e. The molecule has 2 N–H and O–H groups in total. The van der Waals surface area contributed by atoms with Gasteiger partial charge in [-0.15, -0.1) is 11.8 Å². The minimum Gasteiger partial charge on any atom is -0.323 e. The average Bonchev–Trinajstić information content (AvgIpc) is 2.93. The fraction of sp³-hybridized carbons (Fsp3) is 0.231. The van der Waals surface area contributed by atoms with Crippen molar-refractivity contribution in [3.8, 4) is 0 Å². The average molecular weight is 326 g/mol. The second-order valence-electron chi connectivity index (χ2n) is 4.17. The summed E-state index contributed by atoms with van der Waals surface area (Å²) in [5.41, 5.74) is 9.05. The van der Waals surface area contributed by atoms with Gasteiger partial charge in [0.15, 0.2) is 0 Å². The molecule has 2 unspecified atom stereocenters. The maximum atomic E-state index is 6.38. The van der Waals surface area contributed by atoms with Crippen molar-refractivity contribution in [3.05, 3.63) is 50.6 Å². The van der Waals surface area contributed by atoms with Crippen molar-refractivity contribution in [1.29, 1.82) is 0 Å². The maximum absolute atomic E-state index is 6.38. The van der Waals surface area contributed by atoms with E-state index >= 15 is 0 Å². The Hall–Kier alpha value is -0.290. The summed E-state index contributed by atoms with van der Waals surface area (Å²) >= 11 is 7.18. The van der Waals surface area contributed by atoms with Crippen LogP contribution in [0, 0.1) is 0 Å². The van der Waals surface area contributed by atoms with Crippen LogP contribution in [0.2, 0.25) is 0 Å². The van der Waals surface area contributed by atoms with Gasteiger partial charge in [-0.3, -0.25) is 0 Å². The molecule has 0 aliphatic carbocycles. The Morgan fingerprint density at radius 2 is 2.12 bits per heavy atom. The lowest BCUT2D eigenvalue weighted by atomic mass is 10.0. The van der Waals surface area contributed by atoms with E-state index in [9.17, 15) is 0 Å². The minimum absolute atomic E-state index is 0.105. The molecule has 1 aromatic carbocycles. The Bertz CT molecular complexity index is 513. The Morgan fingerprint density at radius 1 is 1.29 bits per heavy atom. The van der Waals surface area contributed by atoms with Gasteiger partial charge in [-0.1, -0.05) is 18.2 Å². The lowest BCUT2D eigenvalue weighted by Gasteiger charge is -2.17. The topological polar surface area (TPSA) is 26.0 Å². The molecule has 0 radical (unpaired) electrons. The van der Waals surface area contributed by atoms with Crippen LogP contribution in [0.25, 0.3) is 0 Å². The Morgan fingerprint density at radius 3 is 2.82 bits per heavy atom. The minimum atomic E-state index is 0.105. The second-order valence-corrected chi connectivity index (χ2v) is 7.05. The third-order valence-corrected chi connectivity index (χ3v) is 6.24. The molecule has 0 saturated heterocycles. The van der Waals surface area contributed by atoms with Crippen LogP contribution in [0.1, 0.15) is 17.2 Å². The highest BCUT2D eigenvalue weighted by Gasteiger charge is 2.29. The number of thiophene rings is 1. The number of nitrogens with two attached hydrogens (primary N) is 1. The molecular formula is C13H12BrNS2. The van der Waals surface area contributed by atoms with E-state index in [0.29, 0.717) is 5.25 Å². The van der Waals surface area contributed by atoms with Crippen molar-refractivity contribution in [2.75, 3.05) is 0 Å². The zero-order chi connectivity index (χ0) is 11.8. The van der Waals surface area contributed by atoms with Crippen LogP contribution in [0.3, 0.4) is 0 Å². The summed E-state index contributed by atoms with van der Waals surface area (Å²) in [5.74, 6) is 0. The van der Waals surface area contributed by atoms with Crippen LogP contribution >= 0.6 is 39.0 Å². The first-order chi connectivity index (χ1) is 8.25. The number of halogens is 1. The van der Waals surface area contributed by atoms with E-state index in [1.807, 2.05) is 11.8 Å². The monoisotopic (exact) mass is 325 g/mol. The lowest BCUT2D eigenvalue weighted by Crippen LogP contribution is -2.23. The van der Waals surface area contributed by atoms with E-state index in [1.54, 1.807) is 11.3 Å². The van der Waals surface area contributed by atoms with Crippen molar-refractivity contribution in [2.24, 2.45) is 5.73 Å². The molecule has 3 rings (SSSR count). The van der Waals surface area contributed by atoms with Crippen molar-refractivity contribution in [3.63, 3.8) is 0 Å². The second kappa shape index (κ2) is 4.76. The van der Waals surface area contributed by atoms with Gasteiger partial charge in [0.05, 0.1) is 0 Å². The predicted molar refractivity (Wildman–Crippen MR) is 78.7 cm³/mol. The quantitative estimate of drug-likeness (QED) is 0.894. The highest BCUT2D eigenvalue weighted by molar-refractivity contribution is 9.10. The van der Waals surface area contributed by atoms with Gasteiger partial charge >= 0.3 is 0 Å². The molecule has 0 fully saturated rings. The van der Waals surface area contributed by atoms with Gasteiger partial charge in [0.2, 0.25) is 0 Å². The first-order valence-corrected chi connectivity index (χ1v) is 8.09. The molecular weight excluding hydrogens is 314 g/mol. The van der Waals surface area contributed by atoms with E-state index < -0.39 is 0 Å². The van der Waals surface area contributed by atoms with Crippen LogP contribution in [-0.2, 0) is 6.42 Å². The van der Waals surface area contributed by atoms with Crippen molar-refractivity contribution in [1.82, 2.24) is 0 Å². The Labute approximate surface area is 118 Å². The fourth-order valence-electron chi connectivity index (χ4n) is 2.14. The number of hydrogen-bond acceptors (Lipinski definition) is 3. The van der Waals surface area contributed by atoms with Gasteiger partial charge in [-0.05, 0) is 44.9 Å². The molecule has 1 nitrogen and oxygen atoms in total. The van der Waals surface area contributed by atoms with Gasteiger partial charge in [0.1, 0.15) is 0 Å². The van der Waals surface area contributed by atoms with Gasteiger partial charge in [-0.2, -0.15) is 11.3 Å². The third-order valence-electron chi connectivity index (χ3n) is 3.07. The number of benzene rings is 1. The molecule has 0 bridgehead atoms. The van der Waals surface area contributed by atoms with Gasteiger partial charge < -0.3 is 5.73 Å². The Kier molecular flexibility index (Phi) is 3.30. The SMILES string of the molecule is NC(c1cscc1Br)C1Cc2ccccc2S1. The summed E-state index contributed by atoms with van der Waals surface area (Å²) < 4.78 is 1.14. The number of rotatable bonds is 2. The summed E-state index contributed by atoms with van der Waals surface area (Å²) in [7, 11) is 0. The van der Waals surface area contributed by atoms with E-state index in [1.165, 1.54) is 16.0 Å². The van der Waals surface area contributed by atoms with Crippen LogP contribution in [0.4, 0.5) is 0 Å². The summed E-state index contributed by atoms with van der Waals surface area (Å²) in [6, 6.07) is 8.70. The van der Waals surface area contributed by atoms with Crippen LogP contribution < -0.4 is 5.73 Å². The van der Waals surface area contributed by atoms with Gasteiger partial charge in [-0.25, -0.2) is 0 Å². The number of hydrogen-bond donors (Lipinski definition) is 1. The normalized spacial score (nSPS) is 20.2. The number of thioether (sulfide) groups is 1. The molecule has 0 amide bonds.